The summed E-state index contributed by atoms with van der Waals surface area (Å²) in [5.74, 6) is -0.310. The van der Waals surface area contributed by atoms with Gasteiger partial charge in [0, 0.05) is 11.7 Å². The van der Waals surface area contributed by atoms with E-state index in [1.165, 1.54) is 0 Å². The van der Waals surface area contributed by atoms with Crippen LogP contribution >= 0.6 is 0 Å². The number of rotatable bonds is 6. The van der Waals surface area contributed by atoms with Crippen molar-refractivity contribution < 1.29 is 9.59 Å². The number of benzene rings is 1. The summed E-state index contributed by atoms with van der Waals surface area (Å²) in [6, 6.07) is 12.6. The normalized spacial score (nSPS) is 11.9. The van der Waals surface area contributed by atoms with Crippen LogP contribution in [0, 0.1) is 0 Å². The predicted octanol–water partition coefficient (Wildman–Crippen LogP) is 3.99. The molecule has 0 spiro atoms. The van der Waals surface area contributed by atoms with Crippen molar-refractivity contribution in [3.63, 3.8) is 0 Å². The van der Waals surface area contributed by atoms with Gasteiger partial charge in [-0.25, -0.2) is 4.98 Å². The minimum atomic E-state index is -0.328. The molecule has 132 valence electrons. The zero-order valence-corrected chi connectivity index (χ0v) is 15.2. The van der Waals surface area contributed by atoms with Crippen molar-refractivity contribution >= 4 is 17.5 Å². The Morgan fingerprint density at radius 1 is 0.960 bits per heavy atom. The van der Waals surface area contributed by atoms with E-state index in [1.807, 2.05) is 38.1 Å². The van der Waals surface area contributed by atoms with Gasteiger partial charge in [-0.05, 0) is 43.0 Å². The number of carbonyl (C=O) groups excluding carboxylic acids is 2. The second-order valence-electron chi connectivity index (χ2n) is 6.39. The fourth-order valence-electron chi connectivity index (χ4n) is 2.39. The first kappa shape index (κ1) is 18.6. The van der Waals surface area contributed by atoms with Crippen molar-refractivity contribution in [1.82, 2.24) is 10.3 Å². The van der Waals surface area contributed by atoms with Crippen LogP contribution in [-0.4, -0.2) is 22.8 Å². The number of hydrogen-bond donors (Lipinski definition) is 2. The van der Waals surface area contributed by atoms with Crippen LogP contribution in [0.5, 0.6) is 0 Å². The van der Waals surface area contributed by atoms with Crippen LogP contribution in [0.25, 0.3) is 0 Å². The highest BCUT2D eigenvalue weighted by Crippen LogP contribution is 2.24. The fraction of sp³-hybridized carbons (Fsp3) is 0.350. The third kappa shape index (κ3) is 4.89. The summed E-state index contributed by atoms with van der Waals surface area (Å²) in [5, 5.41) is 5.75. The van der Waals surface area contributed by atoms with Gasteiger partial charge in [0.1, 0.15) is 11.4 Å². The number of pyridine rings is 1. The highest BCUT2D eigenvalue weighted by molar-refractivity contribution is 6.04. The molecule has 1 unspecified atom stereocenters. The van der Waals surface area contributed by atoms with E-state index in [1.54, 1.807) is 18.2 Å². The summed E-state index contributed by atoms with van der Waals surface area (Å²) in [6.07, 6.45) is 0.831. The van der Waals surface area contributed by atoms with Gasteiger partial charge in [0.25, 0.3) is 11.8 Å². The van der Waals surface area contributed by atoms with Crippen LogP contribution in [0.2, 0.25) is 0 Å². The molecule has 0 saturated carbocycles. The molecule has 0 radical (unpaired) electrons. The second-order valence-corrected chi connectivity index (χ2v) is 6.39. The lowest BCUT2D eigenvalue weighted by Crippen LogP contribution is -2.32. The average molecular weight is 339 g/mol. The van der Waals surface area contributed by atoms with Gasteiger partial charge in [0.15, 0.2) is 0 Å². The van der Waals surface area contributed by atoms with E-state index in [9.17, 15) is 9.59 Å². The third-order valence-corrected chi connectivity index (χ3v) is 4.04. The number of para-hydroxylation sites is 1. The molecule has 0 bridgehead atoms. The first-order chi connectivity index (χ1) is 11.9. The van der Waals surface area contributed by atoms with Crippen LogP contribution in [0.3, 0.4) is 0 Å². The summed E-state index contributed by atoms with van der Waals surface area (Å²) in [6.45, 7) is 8.07. The SMILES string of the molecule is CCC(C)NC(=O)c1cccc(C(=O)Nc2ccccc2C(C)C)n1. The summed E-state index contributed by atoms with van der Waals surface area (Å²) in [4.78, 5) is 28.9. The van der Waals surface area contributed by atoms with Crippen LogP contribution < -0.4 is 10.6 Å². The van der Waals surface area contributed by atoms with E-state index in [4.69, 9.17) is 0 Å². The number of aromatic nitrogens is 1. The topological polar surface area (TPSA) is 71.1 Å². The maximum atomic E-state index is 12.5. The molecule has 1 aromatic heterocycles. The van der Waals surface area contributed by atoms with Crippen molar-refractivity contribution in [3.8, 4) is 0 Å². The van der Waals surface area contributed by atoms with Crippen molar-refractivity contribution in [1.29, 1.82) is 0 Å². The van der Waals surface area contributed by atoms with Crippen molar-refractivity contribution in [2.24, 2.45) is 0 Å². The van der Waals surface area contributed by atoms with Crippen LogP contribution in [0.4, 0.5) is 5.69 Å². The molecule has 1 aromatic carbocycles. The molecule has 0 aliphatic carbocycles. The molecule has 2 aromatic rings. The lowest BCUT2D eigenvalue weighted by atomic mass is 10.0. The molecule has 2 amide bonds. The van der Waals surface area contributed by atoms with Gasteiger partial charge in [-0.3, -0.25) is 9.59 Å². The van der Waals surface area contributed by atoms with Gasteiger partial charge in [-0.1, -0.05) is 45.0 Å². The van der Waals surface area contributed by atoms with Gasteiger partial charge in [-0.2, -0.15) is 0 Å². The third-order valence-electron chi connectivity index (χ3n) is 4.04. The Hall–Kier alpha value is -2.69. The Labute approximate surface area is 148 Å². The quantitative estimate of drug-likeness (QED) is 0.836. The summed E-state index contributed by atoms with van der Waals surface area (Å²) in [5.41, 5.74) is 2.28. The minimum Gasteiger partial charge on any atom is -0.348 e. The highest BCUT2D eigenvalue weighted by Gasteiger charge is 2.15. The number of amides is 2. The summed E-state index contributed by atoms with van der Waals surface area (Å²) in [7, 11) is 0. The molecule has 25 heavy (non-hydrogen) atoms. The zero-order chi connectivity index (χ0) is 18.4. The molecule has 2 rings (SSSR count). The maximum absolute atomic E-state index is 12.5. The average Bonchev–Trinajstić information content (AvgIpc) is 2.61. The van der Waals surface area contributed by atoms with Crippen molar-refractivity contribution in [3.05, 3.63) is 59.4 Å². The Bertz CT molecular complexity index is 756. The molecule has 2 N–H and O–H groups in total. The zero-order valence-electron chi connectivity index (χ0n) is 15.2. The smallest absolute Gasteiger partial charge is 0.274 e. The largest absolute Gasteiger partial charge is 0.348 e. The number of carbonyl (C=O) groups is 2. The van der Waals surface area contributed by atoms with Crippen molar-refractivity contribution in [2.45, 2.75) is 46.1 Å². The Balaban J connectivity index is 2.18. The summed E-state index contributed by atoms with van der Waals surface area (Å²) < 4.78 is 0. The van der Waals surface area contributed by atoms with E-state index in [2.05, 4.69) is 29.5 Å². The standard InChI is InChI=1S/C20H25N3O2/c1-5-14(4)21-19(24)17-11-8-12-18(22-17)20(25)23-16-10-7-6-9-15(16)13(2)3/h6-14H,5H2,1-4H3,(H,21,24)(H,23,25). The molecule has 5 heteroatoms. The van der Waals surface area contributed by atoms with E-state index in [-0.39, 0.29) is 35.2 Å². The van der Waals surface area contributed by atoms with Gasteiger partial charge < -0.3 is 10.6 Å². The Morgan fingerprint density at radius 2 is 1.60 bits per heavy atom. The molecule has 0 aliphatic rings. The fourth-order valence-corrected chi connectivity index (χ4v) is 2.39. The number of nitrogens with zero attached hydrogens (tertiary/aromatic N) is 1. The van der Waals surface area contributed by atoms with Gasteiger partial charge in [-0.15, -0.1) is 0 Å². The predicted molar refractivity (Wildman–Crippen MR) is 99.9 cm³/mol. The molecular weight excluding hydrogens is 314 g/mol. The highest BCUT2D eigenvalue weighted by atomic mass is 16.2. The lowest BCUT2D eigenvalue weighted by molar-refractivity contribution is 0.0934. The lowest BCUT2D eigenvalue weighted by Gasteiger charge is -2.14. The van der Waals surface area contributed by atoms with Gasteiger partial charge >= 0.3 is 0 Å². The van der Waals surface area contributed by atoms with E-state index >= 15 is 0 Å². The first-order valence-electron chi connectivity index (χ1n) is 8.60. The molecule has 0 fully saturated rings. The monoisotopic (exact) mass is 339 g/mol. The van der Waals surface area contributed by atoms with E-state index in [0.29, 0.717) is 0 Å². The number of hydrogen-bond acceptors (Lipinski definition) is 3. The number of anilines is 1. The van der Waals surface area contributed by atoms with Crippen molar-refractivity contribution in [2.75, 3.05) is 5.32 Å². The molecular formula is C20H25N3O2. The van der Waals surface area contributed by atoms with Gasteiger partial charge in [0.2, 0.25) is 0 Å². The number of nitrogens with one attached hydrogen (secondary N) is 2. The maximum Gasteiger partial charge on any atom is 0.274 e. The van der Waals surface area contributed by atoms with Crippen LogP contribution in [0.1, 0.15) is 66.6 Å². The molecule has 0 aliphatic heterocycles. The molecule has 0 saturated heterocycles. The molecule has 5 nitrogen and oxygen atoms in total. The van der Waals surface area contributed by atoms with Crippen LogP contribution in [-0.2, 0) is 0 Å². The first-order valence-corrected chi connectivity index (χ1v) is 8.60. The second kappa shape index (κ2) is 8.42. The van der Waals surface area contributed by atoms with Crippen LogP contribution in [0.15, 0.2) is 42.5 Å². The Morgan fingerprint density at radius 3 is 2.24 bits per heavy atom. The van der Waals surface area contributed by atoms with Gasteiger partial charge in [0.05, 0.1) is 0 Å². The minimum absolute atomic E-state index is 0.0599. The van der Waals surface area contributed by atoms with E-state index in [0.717, 1.165) is 17.7 Å². The summed E-state index contributed by atoms with van der Waals surface area (Å²) >= 11 is 0. The molecule has 1 atom stereocenters. The Kier molecular flexibility index (Phi) is 6.28. The van der Waals surface area contributed by atoms with E-state index < -0.39 is 0 Å². The molecule has 1 heterocycles.